The van der Waals surface area contributed by atoms with Crippen LogP contribution < -0.4 is 5.32 Å². The van der Waals surface area contributed by atoms with Gasteiger partial charge in [-0.05, 0) is 99.5 Å². The Morgan fingerprint density at radius 2 is 1.88 bits per heavy atom. The lowest BCUT2D eigenvalue weighted by molar-refractivity contribution is -0.0596. The lowest BCUT2D eigenvalue weighted by Gasteiger charge is -2.57. The highest BCUT2D eigenvalue weighted by atomic mass is 16.2. The first-order valence-electron chi connectivity index (χ1n) is 13.0. The van der Waals surface area contributed by atoms with Crippen molar-refractivity contribution >= 4 is 6.03 Å². The van der Waals surface area contributed by atoms with Crippen molar-refractivity contribution < 1.29 is 4.79 Å². The second-order valence-electron chi connectivity index (χ2n) is 10.8. The van der Waals surface area contributed by atoms with Gasteiger partial charge in [0, 0.05) is 31.5 Å². The van der Waals surface area contributed by atoms with Crippen molar-refractivity contribution in [2.24, 2.45) is 23.2 Å². The number of carbonyl (C=O) groups is 1. The fraction of sp³-hybridized carbons (Fsp3) is 0.741. The van der Waals surface area contributed by atoms with Crippen LogP contribution in [0.4, 0.5) is 4.79 Å². The molecule has 0 radical (unpaired) electrons. The Balaban J connectivity index is 1.26. The fourth-order valence-electron chi connectivity index (χ4n) is 7.10. The summed E-state index contributed by atoms with van der Waals surface area (Å²) < 4.78 is 0. The van der Waals surface area contributed by atoms with Crippen LogP contribution in [-0.2, 0) is 6.42 Å². The van der Waals surface area contributed by atoms with E-state index >= 15 is 0 Å². The summed E-state index contributed by atoms with van der Waals surface area (Å²) in [5.74, 6) is 2.91. The molecule has 5 heteroatoms. The molecular formula is C27H40N4O. The van der Waals surface area contributed by atoms with E-state index in [1.165, 1.54) is 57.8 Å². The molecule has 0 aromatic carbocycles. The van der Waals surface area contributed by atoms with Crippen LogP contribution in [0.5, 0.6) is 0 Å². The molecule has 2 amide bonds. The van der Waals surface area contributed by atoms with Crippen LogP contribution >= 0.6 is 0 Å². The maximum Gasteiger partial charge on any atom is 0.317 e. The van der Waals surface area contributed by atoms with Gasteiger partial charge in [-0.3, -0.25) is 4.98 Å². The summed E-state index contributed by atoms with van der Waals surface area (Å²) in [4.78, 5) is 19.5. The van der Waals surface area contributed by atoms with Gasteiger partial charge in [0.05, 0.1) is 11.6 Å². The fourth-order valence-corrected chi connectivity index (χ4v) is 7.10. The summed E-state index contributed by atoms with van der Waals surface area (Å²) >= 11 is 0. The van der Waals surface area contributed by atoms with E-state index in [-0.39, 0.29) is 6.03 Å². The number of nitrogens with one attached hydrogen (secondary N) is 1. The van der Waals surface area contributed by atoms with Crippen molar-refractivity contribution in [3.05, 3.63) is 29.6 Å². The van der Waals surface area contributed by atoms with Crippen LogP contribution in [0, 0.1) is 34.5 Å². The molecule has 174 valence electrons. The Bertz CT molecular complexity index is 779. The Morgan fingerprint density at radius 1 is 1.16 bits per heavy atom. The third kappa shape index (κ3) is 5.82. The smallest absolute Gasteiger partial charge is 0.317 e. The Kier molecular flexibility index (Phi) is 7.71. The van der Waals surface area contributed by atoms with Crippen molar-refractivity contribution in [2.45, 2.75) is 84.0 Å². The number of hydrogen-bond acceptors (Lipinski definition) is 3. The SMILES string of the molecule is CCCCCN(CCC12CC3CC(CC(C3)C1)C2)C(=O)NCCCc1cc(C#N)ccn1. The number of pyridine rings is 1. The topological polar surface area (TPSA) is 69.0 Å². The van der Waals surface area contributed by atoms with Gasteiger partial charge in [-0.2, -0.15) is 5.26 Å². The quantitative estimate of drug-likeness (QED) is 0.453. The van der Waals surface area contributed by atoms with Crippen molar-refractivity contribution in [3.8, 4) is 6.07 Å². The molecule has 4 fully saturated rings. The minimum atomic E-state index is 0.101. The molecule has 1 aromatic heterocycles. The van der Waals surface area contributed by atoms with E-state index in [4.69, 9.17) is 5.26 Å². The van der Waals surface area contributed by atoms with Crippen LogP contribution in [-0.4, -0.2) is 35.5 Å². The standard InChI is InChI=1S/C27H40N4O/c1-2-3-4-11-31(12-8-27-17-22-13-23(18-27)15-24(14-22)19-27)26(32)30-9-5-6-25-16-21(20-28)7-10-29-25/h7,10,16,22-24H,2-6,8-9,11-15,17-19H2,1H3,(H,30,32). The molecule has 5 nitrogen and oxygen atoms in total. The maximum absolute atomic E-state index is 13.0. The minimum Gasteiger partial charge on any atom is -0.338 e. The van der Waals surface area contributed by atoms with Gasteiger partial charge < -0.3 is 10.2 Å². The molecule has 1 heterocycles. The number of aromatic nitrogens is 1. The number of unbranched alkanes of at least 4 members (excludes halogenated alkanes) is 2. The summed E-state index contributed by atoms with van der Waals surface area (Å²) in [5.41, 5.74) is 2.08. The third-order valence-corrected chi connectivity index (χ3v) is 8.23. The number of carbonyl (C=O) groups excluding carboxylic acids is 1. The van der Waals surface area contributed by atoms with Gasteiger partial charge in [-0.15, -0.1) is 0 Å². The first-order valence-corrected chi connectivity index (χ1v) is 13.0. The van der Waals surface area contributed by atoms with Gasteiger partial charge >= 0.3 is 6.03 Å². The highest BCUT2D eigenvalue weighted by Crippen LogP contribution is 2.61. The second kappa shape index (κ2) is 10.7. The molecule has 0 atom stereocenters. The highest BCUT2D eigenvalue weighted by molar-refractivity contribution is 5.74. The zero-order chi connectivity index (χ0) is 22.4. The number of nitrogens with zero attached hydrogens (tertiary/aromatic N) is 3. The van der Waals surface area contributed by atoms with Crippen molar-refractivity contribution in [3.63, 3.8) is 0 Å². The number of aryl methyl sites for hydroxylation is 1. The lowest BCUT2D eigenvalue weighted by Crippen LogP contribution is -2.48. The second-order valence-corrected chi connectivity index (χ2v) is 10.8. The number of amides is 2. The molecule has 0 saturated heterocycles. The molecule has 5 rings (SSSR count). The lowest BCUT2D eigenvalue weighted by atomic mass is 9.49. The Labute approximate surface area is 194 Å². The van der Waals surface area contributed by atoms with E-state index in [0.29, 0.717) is 17.5 Å². The monoisotopic (exact) mass is 436 g/mol. The highest BCUT2D eigenvalue weighted by Gasteiger charge is 2.50. The van der Waals surface area contributed by atoms with E-state index in [1.807, 2.05) is 6.07 Å². The van der Waals surface area contributed by atoms with Crippen molar-refractivity contribution in [1.29, 1.82) is 5.26 Å². The van der Waals surface area contributed by atoms with Crippen LogP contribution in [0.1, 0.15) is 88.8 Å². The molecule has 4 saturated carbocycles. The molecule has 1 N–H and O–H groups in total. The predicted molar refractivity (Wildman–Crippen MR) is 127 cm³/mol. The number of urea groups is 1. The number of hydrogen-bond donors (Lipinski definition) is 1. The average Bonchev–Trinajstić information content (AvgIpc) is 2.78. The first-order chi connectivity index (χ1) is 15.6. The Hall–Kier alpha value is -2.09. The normalized spacial score (nSPS) is 27.8. The van der Waals surface area contributed by atoms with Gasteiger partial charge in [-0.25, -0.2) is 4.79 Å². The number of rotatable bonds is 11. The van der Waals surface area contributed by atoms with Crippen LogP contribution in [0.15, 0.2) is 18.3 Å². The Morgan fingerprint density at radius 3 is 2.53 bits per heavy atom. The molecular weight excluding hydrogens is 396 g/mol. The van der Waals surface area contributed by atoms with Gasteiger partial charge in [0.15, 0.2) is 0 Å². The van der Waals surface area contributed by atoms with E-state index in [2.05, 4.69) is 28.2 Å². The summed E-state index contributed by atoms with van der Waals surface area (Å²) in [5, 5.41) is 12.2. The summed E-state index contributed by atoms with van der Waals surface area (Å²) in [7, 11) is 0. The summed E-state index contributed by atoms with van der Waals surface area (Å²) in [6, 6.07) is 5.82. The summed E-state index contributed by atoms with van der Waals surface area (Å²) in [6.07, 6.45) is 16.6. The minimum absolute atomic E-state index is 0.101. The number of nitriles is 1. The maximum atomic E-state index is 13.0. The van der Waals surface area contributed by atoms with Crippen LogP contribution in [0.25, 0.3) is 0 Å². The molecule has 4 aliphatic carbocycles. The molecule has 4 bridgehead atoms. The first kappa shape index (κ1) is 23.1. The molecule has 0 aliphatic heterocycles. The molecule has 0 spiro atoms. The zero-order valence-corrected chi connectivity index (χ0v) is 19.8. The average molecular weight is 437 g/mol. The van der Waals surface area contributed by atoms with Crippen LogP contribution in [0.3, 0.4) is 0 Å². The zero-order valence-electron chi connectivity index (χ0n) is 19.8. The third-order valence-electron chi connectivity index (χ3n) is 8.23. The molecule has 1 aromatic rings. The van der Waals surface area contributed by atoms with Gasteiger partial charge in [0.2, 0.25) is 0 Å². The van der Waals surface area contributed by atoms with Crippen LogP contribution in [0.2, 0.25) is 0 Å². The predicted octanol–water partition coefficient (Wildman–Crippen LogP) is 5.69. The van der Waals surface area contributed by atoms with E-state index in [0.717, 1.165) is 55.8 Å². The van der Waals surface area contributed by atoms with Crippen molar-refractivity contribution in [1.82, 2.24) is 15.2 Å². The summed E-state index contributed by atoms with van der Waals surface area (Å²) in [6.45, 7) is 4.65. The van der Waals surface area contributed by atoms with Gasteiger partial charge in [-0.1, -0.05) is 19.8 Å². The van der Waals surface area contributed by atoms with E-state index < -0.39 is 0 Å². The molecule has 0 unspecified atom stereocenters. The van der Waals surface area contributed by atoms with Gasteiger partial charge in [0.1, 0.15) is 0 Å². The van der Waals surface area contributed by atoms with E-state index in [1.54, 1.807) is 12.3 Å². The molecule has 4 aliphatic rings. The largest absolute Gasteiger partial charge is 0.338 e. The van der Waals surface area contributed by atoms with E-state index in [9.17, 15) is 4.79 Å². The molecule has 32 heavy (non-hydrogen) atoms. The van der Waals surface area contributed by atoms with Gasteiger partial charge in [0.25, 0.3) is 0 Å². The van der Waals surface area contributed by atoms with Crippen molar-refractivity contribution in [2.75, 3.05) is 19.6 Å².